The van der Waals surface area contributed by atoms with Crippen LogP contribution in [0.3, 0.4) is 0 Å². The minimum absolute atomic E-state index is 0.118. The summed E-state index contributed by atoms with van der Waals surface area (Å²) in [5, 5.41) is 13.7. The van der Waals surface area contributed by atoms with Crippen molar-refractivity contribution in [2.24, 2.45) is 0 Å². The second kappa shape index (κ2) is 9.79. The van der Waals surface area contributed by atoms with E-state index in [0.717, 1.165) is 21.9 Å². The van der Waals surface area contributed by atoms with Crippen molar-refractivity contribution in [3.63, 3.8) is 0 Å². The van der Waals surface area contributed by atoms with Crippen molar-refractivity contribution in [1.82, 2.24) is 4.90 Å². The zero-order chi connectivity index (χ0) is 22.7. The molecule has 0 amide bonds. The number of nitrogens with zero attached hydrogens (tertiary/aromatic N) is 1. The van der Waals surface area contributed by atoms with E-state index in [4.69, 9.17) is 16.3 Å². The Hall–Kier alpha value is -2.12. The van der Waals surface area contributed by atoms with Crippen LogP contribution in [0.15, 0.2) is 60.7 Å². The molecule has 4 rings (SSSR count). The average molecular weight is 474 g/mol. The van der Waals surface area contributed by atoms with Gasteiger partial charge in [-0.25, -0.2) is 8.42 Å². The van der Waals surface area contributed by atoms with E-state index in [2.05, 4.69) is 29.2 Å². The lowest BCUT2D eigenvalue weighted by molar-refractivity contribution is 0.0526. The number of aliphatic hydroxyl groups is 1. The molecule has 0 aliphatic carbocycles. The number of ether oxygens (including phenoxy) is 1. The molecular formula is C25H28ClNO4S. The molecule has 0 spiro atoms. The summed E-state index contributed by atoms with van der Waals surface area (Å²) in [6.45, 7) is 2.92. The number of halogens is 1. The van der Waals surface area contributed by atoms with Gasteiger partial charge in [0.05, 0.1) is 11.5 Å². The van der Waals surface area contributed by atoms with Crippen LogP contribution in [0.4, 0.5) is 0 Å². The molecule has 1 saturated heterocycles. The van der Waals surface area contributed by atoms with Crippen molar-refractivity contribution in [2.45, 2.75) is 32.0 Å². The Labute approximate surface area is 194 Å². The maximum absolute atomic E-state index is 12.1. The third-order valence-corrected chi connectivity index (χ3v) is 8.17. The predicted molar refractivity (Wildman–Crippen MR) is 129 cm³/mol. The third-order valence-electron chi connectivity index (χ3n) is 6.00. The summed E-state index contributed by atoms with van der Waals surface area (Å²) in [5.41, 5.74) is 2.03. The first-order valence-electron chi connectivity index (χ1n) is 10.8. The molecule has 1 fully saturated rings. The summed E-state index contributed by atoms with van der Waals surface area (Å²) >= 11 is 6.07. The first-order valence-corrected chi connectivity index (χ1v) is 13.0. The van der Waals surface area contributed by atoms with Crippen LogP contribution < -0.4 is 4.74 Å². The molecule has 1 aliphatic heterocycles. The number of sulfone groups is 1. The molecule has 0 radical (unpaired) electrons. The van der Waals surface area contributed by atoms with Gasteiger partial charge >= 0.3 is 0 Å². The van der Waals surface area contributed by atoms with Gasteiger partial charge in [-0.1, -0.05) is 54.1 Å². The fourth-order valence-corrected chi connectivity index (χ4v) is 6.16. The molecule has 2 unspecified atom stereocenters. The molecule has 0 bridgehead atoms. The van der Waals surface area contributed by atoms with Gasteiger partial charge in [0, 0.05) is 24.2 Å². The molecule has 3 aromatic rings. The first-order chi connectivity index (χ1) is 15.3. The highest BCUT2D eigenvalue weighted by Gasteiger charge is 2.33. The molecule has 170 valence electrons. The van der Waals surface area contributed by atoms with E-state index in [1.165, 1.54) is 0 Å². The molecule has 5 nitrogen and oxygen atoms in total. The predicted octanol–water partition coefficient (Wildman–Crippen LogP) is 4.23. The van der Waals surface area contributed by atoms with Crippen molar-refractivity contribution in [3.05, 3.63) is 76.8 Å². The quantitative estimate of drug-likeness (QED) is 0.530. The Bertz CT molecular complexity index is 1190. The van der Waals surface area contributed by atoms with Crippen LogP contribution in [-0.2, 0) is 16.4 Å². The fraction of sp³-hybridized carbons (Fsp3) is 0.360. The van der Waals surface area contributed by atoms with Crippen LogP contribution >= 0.6 is 11.6 Å². The van der Waals surface area contributed by atoms with E-state index in [9.17, 15) is 13.5 Å². The van der Waals surface area contributed by atoms with Gasteiger partial charge in [0.2, 0.25) is 0 Å². The molecule has 3 aromatic carbocycles. The highest BCUT2D eigenvalue weighted by atomic mass is 35.5. The van der Waals surface area contributed by atoms with Crippen molar-refractivity contribution in [1.29, 1.82) is 0 Å². The van der Waals surface area contributed by atoms with Crippen LogP contribution in [0, 0.1) is 6.92 Å². The number of hydrogen-bond acceptors (Lipinski definition) is 5. The van der Waals surface area contributed by atoms with E-state index in [1.807, 2.05) is 31.2 Å². The van der Waals surface area contributed by atoms with Crippen LogP contribution in [0.5, 0.6) is 5.75 Å². The van der Waals surface area contributed by atoms with Gasteiger partial charge in [-0.3, -0.25) is 4.90 Å². The number of aliphatic hydroxyl groups excluding tert-OH is 1. The zero-order valence-corrected chi connectivity index (χ0v) is 19.6. The monoisotopic (exact) mass is 473 g/mol. The van der Waals surface area contributed by atoms with Gasteiger partial charge in [0.15, 0.2) is 9.84 Å². The lowest BCUT2D eigenvalue weighted by atomic mass is 10.0. The van der Waals surface area contributed by atoms with Crippen molar-refractivity contribution in [3.8, 4) is 5.75 Å². The zero-order valence-electron chi connectivity index (χ0n) is 18.1. The lowest BCUT2D eigenvalue weighted by Gasteiger charge is -2.30. The van der Waals surface area contributed by atoms with E-state index in [1.54, 1.807) is 12.1 Å². The normalized spacial score (nSPS) is 18.8. The number of fused-ring (bicyclic) bond motifs is 1. The van der Waals surface area contributed by atoms with E-state index < -0.39 is 15.9 Å². The minimum atomic E-state index is -3.04. The maximum Gasteiger partial charge on any atom is 0.151 e. The fourth-order valence-electron chi connectivity index (χ4n) is 4.28. The van der Waals surface area contributed by atoms with Crippen LogP contribution in [0.1, 0.15) is 17.5 Å². The Morgan fingerprint density at radius 1 is 1.16 bits per heavy atom. The summed E-state index contributed by atoms with van der Waals surface area (Å²) in [5.74, 6) is 0.970. The standard InChI is InChI=1S/C25H28ClNO4S/c1-18-13-23(9-10-25(18)26)31-16-22(28)15-27(21-11-12-32(29,30)17-21)14-20-7-4-6-19-5-2-3-8-24(19)20/h2-10,13,21-22,28H,11-12,14-17H2,1H3. The van der Waals surface area contributed by atoms with Gasteiger partial charge in [-0.05, 0) is 53.4 Å². The molecular weight excluding hydrogens is 446 g/mol. The maximum atomic E-state index is 12.1. The van der Waals surface area contributed by atoms with Gasteiger partial charge < -0.3 is 9.84 Å². The first kappa shape index (κ1) is 23.1. The van der Waals surface area contributed by atoms with E-state index in [-0.39, 0.29) is 24.2 Å². The number of aryl methyl sites for hydroxylation is 1. The summed E-state index contributed by atoms with van der Waals surface area (Å²) in [4.78, 5) is 2.09. The highest BCUT2D eigenvalue weighted by Crippen LogP contribution is 2.25. The molecule has 0 saturated carbocycles. The summed E-state index contributed by atoms with van der Waals surface area (Å²) in [6, 6.07) is 19.6. The van der Waals surface area contributed by atoms with Crippen molar-refractivity contribution >= 4 is 32.2 Å². The van der Waals surface area contributed by atoms with Crippen molar-refractivity contribution in [2.75, 3.05) is 24.7 Å². The second-order valence-electron chi connectivity index (χ2n) is 8.50. The van der Waals surface area contributed by atoms with Gasteiger partial charge in [0.25, 0.3) is 0 Å². The molecule has 0 aromatic heterocycles. The summed E-state index contributed by atoms with van der Waals surface area (Å²) in [6.07, 6.45) is -0.180. The average Bonchev–Trinajstić information content (AvgIpc) is 3.14. The SMILES string of the molecule is Cc1cc(OCC(O)CN(Cc2cccc3ccccc23)C2CCS(=O)(=O)C2)ccc1Cl. The molecule has 32 heavy (non-hydrogen) atoms. The van der Waals surface area contributed by atoms with E-state index >= 15 is 0 Å². The molecule has 7 heteroatoms. The molecule has 1 heterocycles. The highest BCUT2D eigenvalue weighted by molar-refractivity contribution is 7.91. The number of hydrogen-bond donors (Lipinski definition) is 1. The topological polar surface area (TPSA) is 66.8 Å². The van der Waals surface area contributed by atoms with Gasteiger partial charge in [-0.15, -0.1) is 0 Å². The molecule has 1 aliphatic rings. The summed E-state index contributed by atoms with van der Waals surface area (Å²) in [7, 11) is -3.04. The van der Waals surface area contributed by atoms with Gasteiger partial charge in [-0.2, -0.15) is 0 Å². The Morgan fingerprint density at radius 3 is 2.69 bits per heavy atom. The van der Waals surface area contributed by atoms with Crippen LogP contribution in [-0.4, -0.2) is 55.2 Å². The Morgan fingerprint density at radius 2 is 1.94 bits per heavy atom. The van der Waals surface area contributed by atoms with Crippen LogP contribution in [0.25, 0.3) is 10.8 Å². The van der Waals surface area contributed by atoms with E-state index in [0.29, 0.717) is 30.3 Å². The summed E-state index contributed by atoms with van der Waals surface area (Å²) < 4.78 is 30.1. The Kier molecular flexibility index (Phi) is 7.05. The largest absolute Gasteiger partial charge is 0.491 e. The van der Waals surface area contributed by atoms with Crippen molar-refractivity contribution < 1.29 is 18.3 Å². The molecule has 2 atom stereocenters. The third kappa shape index (κ3) is 5.62. The smallest absolute Gasteiger partial charge is 0.151 e. The number of benzene rings is 3. The Balaban J connectivity index is 1.49. The van der Waals surface area contributed by atoms with Crippen LogP contribution in [0.2, 0.25) is 5.02 Å². The second-order valence-corrected chi connectivity index (χ2v) is 11.1. The van der Waals surface area contributed by atoms with Gasteiger partial charge in [0.1, 0.15) is 18.5 Å². The minimum Gasteiger partial charge on any atom is -0.491 e. The molecule has 1 N–H and O–H groups in total. The number of rotatable bonds is 8. The lowest BCUT2D eigenvalue weighted by Crippen LogP contribution is -2.42.